The molecule has 2 aromatic rings. The number of halogens is 2. The molecule has 1 aliphatic carbocycles. The molecule has 0 radical (unpaired) electrons. The molecule has 0 bridgehead atoms. The minimum atomic E-state index is -0.663. The highest BCUT2D eigenvalue weighted by Crippen LogP contribution is 2.38. The van der Waals surface area contributed by atoms with Crippen molar-refractivity contribution in [2.24, 2.45) is 0 Å². The van der Waals surface area contributed by atoms with Crippen LogP contribution in [0.1, 0.15) is 28.4 Å². The van der Waals surface area contributed by atoms with Gasteiger partial charge in [-0.3, -0.25) is 0 Å². The number of aliphatic hydroxyl groups excluding tert-OH is 1. The van der Waals surface area contributed by atoms with Crippen molar-refractivity contribution < 1.29 is 5.11 Å². The molecule has 1 atom stereocenters. The van der Waals surface area contributed by atoms with E-state index in [1.54, 1.807) is 6.07 Å². The van der Waals surface area contributed by atoms with Crippen molar-refractivity contribution >= 4 is 23.2 Å². The molecule has 0 amide bonds. The smallest absolute Gasteiger partial charge is 0.106 e. The maximum absolute atomic E-state index is 10.5. The summed E-state index contributed by atoms with van der Waals surface area (Å²) in [5.74, 6) is 0. The highest BCUT2D eigenvalue weighted by atomic mass is 35.5. The minimum absolute atomic E-state index is 0.543. The van der Waals surface area contributed by atoms with E-state index in [-0.39, 0.29) is 0 Å². The summed E-state index contributed by atoms with van der Waals surface area (Å²) in [4.78, 5) is 0. The first kappa shape index (κ1) is 12.0. The van der Waals surface area contributed by atoms with E-state index in [1.165, 1.54) is 5.56 Å². The zero-order valence-electron chi connectivity index (χ0n) is 9.66. The molecule has 1 N–H and O–H groups in total. The Morgan fingerprint density at radius 2 is 1.72 bits per heavy atom. The topological polar surface area (TPSA) is 20.2 Å². The van der Waals surface area contributed by atoms with Gasteiger partial charge in [-0.15, -0.1) is 0 Å². The molecule has 0 aliphatic heterocycles. The van der Waals surface area contributed by atoms with Crippen molar-refractivity contribution in [3.8, 4) is 0 Å². The van der Waals surface area contributed by atoms with E-state index < -0.39 is 6.10 Å². The molecule has 92 valence electrons. The van der Waals surface area contributed by atoms with Gasteiger partial charge in [0, 0.05) is 15.6 Å². The first-order chi connectivity index (χ1) is 8.66. The van der Waals surface area contributed by atoms with E-state index in [4.69, 9.17) is 23.2 Å². The number of rotatable bonds is 0. The van der Waals surface area contributed by atoms with Crippen LogP contribution in [0.15, 0.2) is 36.4 Å². The van der Waals surface area contributed by atoms with Crippen LogP contribution in [-0.4, -0.2) is 5.11 Å². The van der Waals surface area contributed by atoms with Crippen LogP contribution in [0.2, 0.25) is 10.0 Å². The van der Waals surface area contributed by atoms with Gasteiger partial charge >= 0.3 is 0 Å². The van der Waals surface area contributed by atoms with Gasteiger partial charge in [0.05, 0.1) is 0 Å². The maximum atomic E-state index is 10.5. The Balaban J connectivity index is 2.22. The molecule has 1 unspecified atom stereocenters. The number of aliphatic hydroxyl groups is 1. The van der Waals surface area contributed by atoms with E-state index in [0.29, 0.717) is 10.0 Å². The first-order valence-electron chi connectivity index (χ1n) is 5.90. The molecule has 0 heterocycles. The van der Waals surface area contributed by atoms with Crippen molar-refractivity contribution in [2.45, 2.75) is 18.9 Å². The van der Waals surface area contributed by atoms with Crippen LogP contribution in [0.25, 0.3) is 0 Å². The molecule has 0 saturated heterocycles. The maximum Gasteiger partial charge on any atom is 0.106 e. The molecule has 3 rings (SSSR count). The van der Waals surface area contributed by atoms with Crippen LogP contribution >= 0.6 is 23.2 Å². The molecule has 1 nitrogen and oxygen atoms in total. The summed E-state index contributed by atoms with van der Waals surface area (Å²) in [6.45, 7) is 0. The van der Waals surface area contributed by atoms with Crippen molar-refractivity contribution in [3.63, 3.8) is 0 Å². The number of hydrogen-bond donors (Lipinski definition) is 1. The number of fused-ring (bicyclic) bond motifs is 2. The van der Waals surface area contributed by atoms with E-state index in [9.17, 15) is 5.11 Å². The van der Waals surface area contributed by atoms with E-state index in [0.717, 1.165) is 29.5 Å². The van der Waals surface area contributed by atoms with Crippen molar-refractivity contribution in [1.29, 1.82) is 0 Å². The van der Waals surface area contributed by atoms with Gasteiger partial charge in [0.15, 0.2) is 0 Å². The van der Waals surface area contributed by atoms with Gasteiger partial charge in [-0.2, -0.15) is 0 Å². The van der Waals surface area contributed by atoms with Crippen molar-refractivity contribution in [1.82, 2.24) is 0 Å². The van der Waals surface area contributed by atoms with Crippen LogP contribution < -0.4 is 0 Å². The Morgan fingerprint density at radius 3 is 2.56 bits per heavy atom. The highest BCUT2D eigenvalue weighted by Gasteiger charge is 2.24. The van der Waals surface area contributed by atoms with Gasteiger partial charge < -0.3 is 5.11 Å². The lowest BCUT2D eigenvalue weighted by Gasteiger charge is -2.16. The Bertz CT molecular complexity index is 607. The predicted octanol–water partition coefficient (Wildman–Crippen LogP) is 4.17. The molecular formula is C15H12Cl2O. The van der Waals surface area contributed by atoms with Crippen LogP contribution in [-0.2, 0) is 12.8 Å². The zero-order valence-corrected chi connectivity index (χ0v) is 11.2. The lowest BCUT2D eigenvalue weighted by molar-refractivity contribution is 0.219. The summed E-state index contributed by atoms with van der Waals surface area (Å²) in [5.41, 5.74) is 3.95. The number of aryl methyl sites for hydroxylation is 2. The summed E-state index contributed by atoms with van der Waals surface area (Å²) < 4.78 is 0. The second-order valence-corrected chi connectivity index (χ2v) is 5.41. The molecule has 0 fully saturated rings. The minimum Gasteiger partial charge on any atom is -0.384 e. The summed E-state index contributed by atoms with van der Waals surface area (Å²) in [7, 11) is 0. The summed E-state index contributed by atoms with van der Waals surface area (Å²) in [5, 5.41) is 11.7. The molecule has 18 heavy (non-hydrogen) atoms. The molecule has 3 heteroatoms. The van der Waals surface area contributed by atoms with Gasteiger partial charge in [-0.05, 0) is 41.7 Å². The number of benzene rings is 2. The normalized spacial score (nSPS) is 17.8. The summed E-state index contributed by atoms with van der Waals surface area (Å²) in [6.07, 6.45) is 1.09. The monoisotopic (exact) mass is 278 g/mol. The third-order valence-electron chi connectivity index (χ3n) is 3.47. The van der Waals surface area contributed by atoms with Gasteiger partial charge in [-0.1, -0.05) is 47.5 Å². The quantitative estimate of drug-likeness (QED) is 0.767. The molecule has 0 aromatic heterocycles. The predicted molar refractivity (Wildman–Crippen MR) is 74.4 cm³/mol. The molecule has 1 aliphatic rings. The van der Waals surface area contributed by atoms with Gasteiger partial charge in [-0.25, -0.2) is 0 Å². The largest absolute Gasteiger partial charge is 0.384 e. The van der Waals surface area contributed by atoms with E-state index >= 15 is 0 Å². The fraction of sp³-hybridized carbons (Fsp3) is 0.200. The van der Waals surface area contributed by atoms with E-state index in [2.05, 4.69) is 6.07 Å². The third-order valence-corrected chi connectivity index (χ3v) is 4.00. The molecule has 0 saturated carbocycles. The molecular weight excluding hydrogens is 267 g/mol. The Kier molecular flexibility index (Phi) is 3.06. The zero-order chi connectivity index (χ0) is 12.7. The molecule has 0 spiro atoms. The summed E-state index contributed by atoms with van der Waals surface area (Å²) in [6, 6.07) is 11.5. The standard InChI is InChI=1S/C15H12Cl2O/c16-11-7-10-6-5-9-3-1-2-4-12(9)15(18)14(10)13(17)8-11/h1-4,7-8,15,18H,5-6H2. The fourth-order valence-corrected chi connectivity index (χ4v) is 3.24. The third kappa shape index (κ3) is 1.93. The average Bonchev–Trinajstić information content (AvgIpc) is 2.48. The van der Waals surface area contributed by atoms with Gasteiger partial charge in [0.2, 0.25) is 0 Å². The van der Waals surface area contributed by atoms with Crippen molar-refractivity contribution in [3.05, 3.63) is 68.7 Å². The molecule has 2 aromatic carbocycles. The number of hydrogen-bond acceptors (Lipinski definition) is 1. The SMILES string of the molecule is OC1c2ccccc2CCc2cc(Cl)cc(Cl)c21. The van der Waals surface area contributed by atoms with Gasteiger partial charge in [0.1, 0.15) is 6.10 Å². The second-order valence-electron chi connectivity index (χ2n) is 4.56. The van der Waals surface area contributed by atoms with E-state index in [1.807, 2.05) is 24.3 Å². The highest BCUT2D eigenvalue weighted by molar-refractivity contribution is 6.35. The van der Waals surface area contributed by atoms with Crippen LogP contribution in [0.3, 0.4) is 0 Å². The average molecular weight is 279 g/mol. The Morgan fingerprint density at radius 1 is 1.00 bits per heavy atom. The van der Waals surface area contributed by atoms with Crippen LogP contribution in [0.4, 0.5) is 0 Å². The van der Waals surface area contributed by atoms with Gasteiger partial charge in [0.25, 0.3) is 0 Å². The van der Waals surface area contributed by atoms with Crippen LogP contribution in [0.5, 0.6) is 0 Å². The summed E-state index contributed by atoms with van der Waals surface area (Å²) >= 11 is 12.3. The van der Waals surface area contributed by atoms with Crippen molar-refractivity contribution in [2.75, 3.05) is 0 Å². The lowest BCUT2D eigenvalue weighted by Crippen LogP contribution is -2.03. The lowest BCUT2D eigenvalue weighted by atomic mass is 9.97. The first-order valence-corrected chi connectivity index (χ1v) is 6.66. The Hall–Kier alpha value is -1.02. The fourth-order valence-electron chi connectivity index (χ4n) is 2.60. The second kappa shape index (κ2) is 4.58. The Labute approximate surface area is 116 Å². The van der Waals surface area contributed by atoms with Crippen LogP contribution in [0, 0.1) is 0 Å².